The SMILES string of the molecule is CC(C)(C)OC(=O)N1CC[NH+]([C@H](C(=O)[O-])c2ccc(Cl)cc2Cl)CC1. The minimum absolute atomic E-state index is 0.295. The normalized spacial score (nSPS) is 17.2. The predicted molar refractivity (Wildman–Crippen MR) is 92.7 cm³/mol. The van der Waals surface area contributed by atoms with Gasteiger partial charge < -0.3 is 19.5 Å². The molecule has 0 aliphatic carbocycles. The Kier molecular flexibility index (Phi) is 6.19. The molecule has 2 rings (SSSR count). The lowest BCUT2D eigenvalue weighted by molar-refractivity contribution is -0.928. The summed E-state index contributed by atoms with van der Waals surface area (Å²) in [4.78, 5) is 26.2. The van der Waals surface area contributed by atoms with Crippen molar-refractivity contribution in [3.8, 4) is 0 Å². The Balaban J connectivity index is 2.08. The average molecular weight is 389 g/mol. The largest absolute Gasteiger partial charge is 0.544 e. The summed E-state index contributed by atoms with van der Waals surface area (Å²) in [6.07, 6.45) is -0.388. The molecule has 0 unspecified atom stereocenters. The van der Waals surface area contributed by atoms with Gasteiger partial charge in [0.2, 0.25) is 0 Å². The molecule has 6 nitrogen and oxygen atoms in total. The van der Waals surface area contributed by atoms with Gasteiger partial charge in [0, 0.05) is 10.6 Å². The highest BCUT2D eigenvalue weighted by atomic mass is 35.5. The molecular formula is C17H22Cl2N2O4. The molecule has 1 saturated heterocycles. The van der Waals surface area contributed by atoms with Crippen LogP contribution >= 0.6 is 23.2 Å². The summed E-state index contributed by atoms with van der Waals surface area (Å²) in [5.41, 5.74) is -0.0994. The van der Waals surface area contributed by atoms with Crippen LogP contribution in [-0.2, 0) is 9.53 Å². The highest BCUT2D eigenvalue weighted by molar-refractivity contribution is 6.35. The maximum Gasteiger partial charge on any atom is 0.410 e. The number of carbonyl (C=O) groups is 2. The Morgan fingerprint density at radius 3 is 2.32 bits per heavy atom. The van der Waals surface area contributed by atoms with E-state index < -0.39 is 17.6 Å². The zero-order valence-electron chi connectivity index (χ0n) is 14.5. The van der Waals surface area contributed by atoms with Gasteiger partial charge >= 0.3 is 6.09 Å². The highest BCUT2D eigenvalue weighted by Crippen LogP contribution is 2.25. The van der Waals surface area contributed by atoms with E-state index in [1.54, 1.807) is 37.8 Å². The first-order valence-corrected chi connectivity index (χ1v) is 8.82. The Labute approximate surface area is 157 Å². The van der Waals surface area contributed by atoms with Crippen LogP contribution in [0.3, 0.4) is 0 Å². The van der Waals surface area contributed by atoms with Crippen LogP contribution in [0, 0.1) is 0 Å². The van der Waals surface area contributed by atoms with Crippen LogP contribution in [0.1, 0.15) is 32.4 Å². The fourth-order valence-electron chi connectivity index (χ4n) is 2.84. The van der Waals surface area contributed by atoms with E-state index in [2.05, 4.69) is 0 Å². The number of halogens is 2. The molecule has 1 N–H and O–H groups in total. The number of benzene rings is 1. The van der Waals surface area contributed by atoms with Crippen molar-refractivity contribution in [2.45, 2.75) is 32.4 Å². The summed E-state index contributed by atoms with van der Waals surface area (Å²) in [5, 5.41) is 12.4. The summed E-state index contributed by atoms with van der Waals surface area (Å²) in [6, 6.07) is 3.82. The quantitative estimate of drug-likeness (QED) is 0.835. The second-order valence-corrected chi connectivity index (χ2v) is 7.89. The first-order valence-electron chi connectivity index (χ1n) is 8.07. The molecule has 0 bridgehead atoms. The Morgan fingerprint density at radius 2 is 1.84 bits per heavy atom. The van der Waals surface area contributed by atoms with Crippen LogP contribution in [0.25, 0.3) is 0 Å². The van der Waals surface area contributed by atoms with Crippen LogP contribution in [-0.4, -0.2) is 48.7 Å². The number of quaternary nitrogens is 1. The van der Waals surface area contributed by atoms with E-state index in [1.807, 2.05) is 0 Å². The lowest BCUT2D eigenvalue weighted by Gasteiger charge is -2.37. The standard InChI is InChI=1S/C17H22Cl2N2O4/c1-17(2,3)25-16(24)21-8-6-20(7-9-21)14(15(22)23)12-5-4-11(18)10-13(12)19/h4-5,10,14H,6-9H2,1-3H3,(H,22,23)/t14-/m0/s1. The van der Waals surface area contributed by atoms with Crippen molar-refractivity contribution in [1.29, 1.82) is 0 Å². The van der Waals surface area contributed by atoms with E-state index >= 15 is 0 Å². The van der Waals surface area contributed by atoms with Crippen molar-refractivity contribution < 1.29 is 24.3 Å². The van der Waals surface area contributed by atoms with Crippen molar-refractivity contribution in [2.75, 3.05) is 26.2 Å². The van der Waals surface area contributed by atoms with Crippen LogP contribution in [0.15, 0.2) is 18.2 Å². The molecule has 1 atom stereocenters. The third-order valence-electron chi connectivity index (χ3n) is 3.97. The number of carbonyl (C=O) groups excluding carboxylic acids is 2. The van der Waals surface area contributed by atoms with Gasteiger partial charge in [0.25, 0.3) is 0 Å². The molecule has 0 aromatic heterocycles. The average Bonchev–Trinajstić information content (AvgIpc) is 2.48. The molecular weight excluding hydrogens is 367 g/mol. The van der Waals surface area contributed by atoms with Gasteiger partial charge in [0.15, 0.2) is 6.04 Å². The van der Waals surface area contributed by atoms with Crippen molar-refractivity contribution in [2.24, 2.45) is 0 Å². The summed E-state index contributed by atoms with van der Waals surface area (Å²) in [5.74, 6) is -1.20. The Morgan fingerprint density at radius 1 is 1.24 bits per heavy atom. The van der Waals surface area contributed by atoms with Crippen molar-refractivity contribution >= 4 is 35.3 Å². The monoisotopic (exact) mass is 388 g/mol. The van der Waals surface area contributed by atoms with Gasteiger partial charge in [-0.25, -0.2) is 4.79 Å². The van der Waals surface area contributed by atoms with E-state index in [9.17, 15) is 14.7 Å². The number of carboxylic acids is 1. The number of hydrogen-bond donors (Lipinski definition) is 1. The predicted octanol–water partition coefficient (Wildman–Crippen LogP) is 0.920. The minimum Gasteiger partial charge on any atom is -0.544 e. The summed E-state index contributed by atoms with van der Waals surface area (Å²) in [7, 11) is 0. The molecule has 1 aromatic rings. The summed E-state index contributed by atoms with van der Waals surface area (Å²) >= 11 is 12.0. The van der Waals surface area contributed by atoms with Gasteiger partial charge in [-0.05, 0) is 39.0 Å². The van der Waals surface area contributed by atoms with Gasteiger partial charge in [0.05, 0.1) is 31.2 Å². The van der Waals surface area contributed by atoms with E-state index in [0.717, 1.165) is 4.90 Å². The number of ether oxygens (including phenoxy) is 1. The summed E-state index contributed by atoms with van der Waals surface area (Å²) < 4.78 is 5.35. The molecule has 1 heterocycles. The fraction of sp³-hybridized carbons (Fsp3) is 0.529. The molecule has 25 heavy (non-hydrogen) atoms. The first-order chi connectivity index (χ1) is 11.6. The second kappa shape index (κ2) is 7.81. The Bertz CT molecular complexity index is 653. The van der Waals surface area contributed by atoms with Crippen molar-refractivity contribution in [3.63, 3.8) is 0 Å². The number of amides is 1. The summed E-state index contributed by atoms with van der Waals surface area (Å²) in [6.45, 7) is 7.13. The first kappa shape index (κ1) is 19.8. The van der Waals surface area contributed by atoms with E-state index in [-0.39, 0.29) is 6.09 Å². The molecule has 0 radical (unpaired) electrons. The van der Waals surface area contributed by atoms with Crippen LogP contribution in [0.2, 0.25) is 10.0 Å². The van der Waals surface area contributed by atoms with E-state index in [0.29, 0.717) is 41.8 Å². The lowest BCUT2D eigenvalue weighted by atomic mass is 10.0. The molecule has 1 aliphatic heterocycles. The molecule has 8 heteroatoms. The molecule has 1 aliphatic rings. The topological polar surface area (TPSA) is 74.1 Å². The van der Waals surface area contributed by atoms with Gasteiger partial charge in [-0.2, -0.15) is 0 Å². The van der Waals surface area contributed by atoms with Crippen LogP contribution in [0.5, 0.6) is 0 Å². The molecule has 0 saturated carbocycles. The third kappa shape index (κ3) is 5.23. The highest BCUT2D eigenvalue weighted by Gasteiger charge is 2.33. The number of carboxylic acid groups (broad SMARTS) is 1. The smallest absolute Gasteiger partial charge is 0.410 e. The molecule has 1 fully saturated rings. The number of aliphatic carboxylic acids is 1. The maximum absolute atomic E-state index is 12.1. The molecule has 1 aromatic carbocycles. The van der Waals surface area contributed by atoms with Gasteiger partial charge in [-0.1, -0.05) is 23.2 Å². The van der Waals surface area contributed by atoms with Gasteiger partial charge in [0.1, 0.15) is 11.6 Å². The molecule has 0 spiro atoms. The zero-order chi connectivity index (χ0) is 18.8. The van der Waals surface area contributed by atoms with Crippen molar-refractivity contribution in [3.05, 3.63) is 33.8 Å². The third-order valence-corrected chi connectivity index (χ3v) is 4.54. The zero-order valence-corrected chi connectivity index (χ0v) is 16.0. The number of rotatable bonds is 3. The molecule has 1 amide bonds. The number of piperazine rings is 1. The molecule has 138 valence electrons. The van der Waals surface area contributed by atoms with Crippen LogP contribution < -0.4 is 10.0 Å². The number of nitrogens with one attached hydrogen (secondary N) is 1. The maximum atomic E-state index is 12.1. The second-order valence-electron chi connectivity index (χ2n) is 7.04. The van der Waals surface area contributed by atoms with E-state index in [1.165, 1.54) is 6.07 Å². The lowest BCUT2D eigenvalue weighted by Crippen LogP contribution is -3.16. The van der Waals surface area contributed by atoms with Crippen molar-refractivity contribution in [1.82, 2.24) is 4.90 Å². The van der Waals surface area contributed by atoms with Gasteiger partial charge in [-0.3, -0.25) is 4.90 Å². The van der Waals surface area contributed by atoms with E-state index in [4.69, 9.17) is 27.9 Å². The Hall–Kier alpha value is -1.50. The minimum atomic E-state index is -1.20. The number of nitrogens with zero attached hydrogens (tertiary/aromatic N) is 1. The fourth-order valence-corrected chi connectivity index (χ4v) is 3.36. The van der Waals surface area contributed by atoms with Gasteiger partial charge in [-0.15, -0.1) is 0 Å². The van der Waals surface area contributed by atoms with Crippen LogP contribution in [0.4, 0.5) is 4.79 Å². The number of hydrogen-bond acceptors (Lipinski definition) is 4.